The van der Waals surface area contributed by atoms with Crippen LogP contribution < -0.4 is 15.0 Å². The van der Waals surface area contributed by atoms with Crippen molar-refractivity contribution < 1.29 is 4.74 Å². The first-order valence-corrected chi connectivity index (χ1v) is 13.5. The van der Waals surface area contributed by atoms with Gasteiger partial charge in [0.1, 0.15) is 17.7 Å². The summed E-state index contributed by atoms with van der Waals surface area (Å²) >= 11 is 0. The Bertz CT molecular complexity index is 1930. The molecule has 0 radical (unpaired) electrons. The van der Waals surface area contributed by atoms with Gasteiger partial charge < -0.3 is 20.4 Å². The summed E-state index contributed by atoms with van der Waals surface area (Å²) in [6, 6.07) is 44.5. The van der Waals surface area contributed by atoms with Crippen molar-refractivity contribution in [3.63, 3.8) is 0 Å². The summed E-state index contributed by atoms with van der Waals surface area (Å²) < 4.78 is 6.30. The highest BCUT2D eigenvalue weighted by molar-refractivity contribution is 6.09. The molecule has 0 spiro atoms. The standard InChI is InChI=1S/C36H25N3O/c37-22-23-13-19-32-31(21-23)38-36(25-7-2-1-3-8-25)39(32)26-16-14-24(15-17-26)27-18-20-34-35-29(27)10-6-11-30(35)28-9-4-5-12-33(28)40-34/h1-22,36-38H. The number of hydrogen-bond acceptors (Lipinski definition) is 4. The number of nitrogens with one attached hydrogen (secondary N) is 2. The van der Waals surface area contributed by atoms with E-state index in [1.165, 1.54) is 28.3 Å². The second kappa shape index (κ2) is 8.85. The molecule has 0 amide bonds. The van der Waals surface area contributed by atoms with Crippen molar-refractivity contribution in [2.75, 3.05) is 10.2 Å². The Morgan fingerprint density at radius 2 is 1.48 bits per heavy atom. The third kappa shape index (κ3) is 3.43. The second-order valence-corrected chi connectivity index (χ2v) is 10.2. The van der Waals surface area contributed by atoms with Crippen molar-refractivity contribution in [1.82, 2.24) is 0 Å². The van der Waals surface area contributed by atoms with Crippen LogP contribution in [0.15, 0.2) is 127 Å². The van der Waals surface area contributed by atoms with E-state index in [1.807, 2.05) is 30.3 Å². The average molecular weight is 516 g/mol. The van der Waals surface area contributed by atoms with E-state index in [9.17, 15) is 0 Å². The predicted molar refractivity (Wildman–Crippen MR) is 164 cm³/mol. The van der Waals surface area contributed by atoms with E-state index in [0.717, 1.165) is 50.6 Å². The average Bonchev–Trinajstić information content (AvgIpc) is 3.41. The Morgan fingerprint density at radius 1 is 0.675 bits per heavy atom. The van der Waals surface area contributed by atoms with Crippen molar-refractivity contribution >= 4 is 34.0 Å². The van der Waals surface area contributed by atoms with Gasteiger partial charge in [0.15, 0.2) is 0 Å². The lowest BCUT2D eigenvalue weighted by Gasteiger charge is -2.27. The highest BCUT2D eigenvalue weighted by atomic mass is 16.5. The zero-order chi connectivity index (χ0) is 26.6. The smallest absolute Gasteiger partial charge is 0.135 e. The molecule has 190 valence electrons. The van der Waals surface area contributed by atoms with Crippen LogP contribution in [0, 0.1) is 5.41 Å². The van der Waals surface area contributed by atoms with E-state index < -0.39 is 0 Å². The van der Waals surface area contributed by atoms with Gasteiger partial charge in [-0.1, -0.05) is 91.0 Å². The van der Waals surface area contributed by atoms with E-state index >= 15 is 0 Å². The van der Waals surface area contributed by atoms with Crippen LogP contribution in [-0.2, 0) is 0 Å². The fourth-order valence-corrected chi connectivity index (χ4v) is 6.11. The fraction of sp³-hybridized carbons (Fsp3) is 0.0278. The maximum Gasteiger partial charge on any atom is 0.135 e. The van der Waals surface area contributed by atoms with Crippen LogP contribution in [0.2, 0.25) is 0 Å². The lowest BCUT2D eigenvalue weighted by Crippen LogP contribution is -2.23. The summed E-state index contributed by atoms with van der Waals surface area (Å²) in [6.45, 7) is 0. The van der Waals surface area contributed by atoms with Crippen LogP contribution in [0.25, 0.3) is 33.0 Å². The number of ether oxygens (including phenoxy) is 1. The molecule has 0 saturated heterocycles. The minimum absolute atomic E-state index is 0.0409. The van der Waals surface area contributed by atoms with Crippen LogP contribution in [0.4, 0.5) is 17.1 Å². The molecule has 2 aliphatic rings. The maximum atomic E-state index is 7.70. The highest BCUT2D eigenvalue weighted by Crippen LogP contribution is 2.49. The third-order valence-corrected chi connectivity index (χ3v) is 7.97. The molecule has 0 fully saturated rings. The van der Waals surface area contributed by atoms with Gasteiger partial charge in [-0.25, -0.2) is 0 Å². The summed E-state index contributed by atoms with van der Waals surface area (Å²) in [5, 5.41) is 13.7. The number of rotatable bonds is 4. The fourth-order valence-electron chi connectivity index (χ4n) is 6.11. The normalized spacial score (nSPS) is 14.7. The molecule has 2 aliphatic heterocycles. The van der Waals surface area contributed by atoms with Crippen LogP contribution >= 0.6 is 0 Å². The lowest BCUT2D eigenvalue weighted by atomic mass is 9.90. The van der Waals surface area contributed by atoms with Gasteiger partial charge in [-0.3, -0.25) is 0 Å². The summed E-state index contributed by atoms with van der Waals surface area (Å²) in [5.41, 5.74) is 9.99. The Balaban J connectivity index is 1.22. The third-order valence-electron chi connectivity index (χ3n) is 7.97. The van der Waals surface area contributed by atoms with Crippen LogP contribution in [-0.4, -0.2) is 6.21 Å². The van der Waals surface area contributed by atoms with Crippen LogP contribution in [0.3, 0.4) is 0 Å². The minimum atomic E-state index is -0.0409. The SMILES string of the molecule is N=Cc1ccc2c(c1)NC(c1ccccc1)N2c1ccc(-c2ccc3c4c(cccc24)-c2ccccc2O3)cc1. The van der Waals surface area contributed by atoms with Crippen molar-refractivity contribution in [3.8, 4) is 33.8 Å². The van der Waals surface area contributed by atoms with Crippen LogP contribution in [0.1, 0.15) is 17.3 Å². The molecular weight excluding hydrogens is 490 g/mol. The molecule has 0 saturated carbocycles. The number of fused-ring (bicyclic) bond motifs is 3. The number of hydrogen-bond donors (Lipinski definition) is 2. The van der Waals surface area contributed by atoms with Crippen LogP contribution in [0.5, 0.6) is 11.5 Å². The highest BCUT2D eigenvalue weighted by Gasteiger charge is 2.31. The molecular formula is C36H25N3O. The number of nitrogens with zero attached hydrogens (tertiary/aromatic N) is 1. The molecule has 1 unspecified atom stereocenters. The predicted octanol–water partition coefficient (Wildman–Crippen LogP) is 9.54. The molecule has 2 N–H and O–H groups in total. The van der Waals surface area contributed by atoms with Gasteiger partial charge in [0.05, 0.1) is 11.4 Å². The summed E-state index contributed by atoms with van der Waals surface area (Å²) in [5.74, 6) is 1.80. The zero-order valence-electron chi connectivity index (χ0n) is 21.6. The molecule has 6 aromatic carbocycles. The Kier molecular flexibility index (Phi) is 5.01. The van der Waals surface area contributed by atoms with Gasteiger partial charge in [-0.15, -0.1) is 0 Å². The topological polar surface area (TPSA) is 48.4 Å². The molecule has 8 rings (SSSR count). The largest absolute Gasteiger partial charge is 0.456 e. The molecule has 1 atom stereocenters. The van der Waals surface area contributed by atoms with Crippen molar-refractivity contribution in [2.24, 2.45) is 0 Å². The van der Waals surface area contributed by atoms with Gasteiger partial charge in [0.2, 0.25) is 0 Å². The molecule has 4 heteroatoms. The van der Waals surface area contributed by atoms with E-state index in [-0.39, 0.29) is 6.17 Å². The Labute approximate surface area is 232 Å². The number of para-hydroxylation sites is 1. The first-order chi connectivity index (χ1) is 19.8. The van der Waals surface area contributed by atoms with Crippen molar-refractivity contribution in [2.45, 2.75) is 6.17 Å². The summed E-state index contributed by atoms with van der Waals surface area (Å²) in [6.07, 6.45) is 1.35. The molecule has 0 aromatic heterocycles. The Hall–Kier alpha value is -5.35. The number of benzene rings is 6. The minimum Gasteiger partial charge on any atom is -0.456 e. The summed E-state index contributed by atoms with van der Waals surface area (Å²) in [4.78, 5) is 2.34. The number of anilines is 3. The molecule has 6 aromatic rings. The van der Waals surface area contributed by atoms with Gasteiger partial charge >= 0.3 is 0 Å². The van der Waals surface area contributed by atoms with Crippen molar-refractivity contribution in [1.29, 1.82) is 5.41 Å². The quantitative estimate of drug-likeness (QED) is 0.230. The second-order valence-electron chi connectivity index (χ2n) is 10.2. The van der Waals surface area contributed by atoms with E-state index in [2.05, 4.69) is 107 Å². The zero-order valence-corrected chi connectivity index (χ0v) is 21.6. The lowest BCUT2D eigenvalue weighted by molar-refractivity contribution is 0.487. The molecule has 40 heavy (non-hydrogen) atoms. The first-order valence-electron chi connectivity index (χ1n) is 13.5. The molecule has 0 aliphatic carbocycles. The van der Waals surface area contributed by atoms with Gasteiger partial charge in [-0.05, 0) is 69.6 Å². The Morgan fingerprint density at radius 3 is 2.33 bits per heavy atom. The van der Waals surface area contributed by atoms with E-state index in [1.54, 1.807) is 0 Å². The molecule has 4 nitrogen and oxygen atoms in total. The molecule has 2 heterocycles. The first kappa shape index (κ1) is 22.6. The van der Waals surface area contributed by atoms with E-state index in [4.69, 9.17) is 10.1 Å². The molecule has 0 bridgehead atoms. The monoisotopic (exact) mass is 515 g/mol. The van der Waals surface area contributed by atoms with Gasteiger partial charge in [0.25, 0.3) is 0 Å². The van der Waals surface area contributed by atoms with E-state index in [0.29, 0.717) is 0 Å². The summed E-state index contributed by atoms with van der Waals surface area (Å²) in [7, 11) is 0. The van der Waals surface area contributed by atoms with Gasteiger partial charge in [0, 0.05) is 22.9 Å². The maximum absolute atomic E-state index is 7.70. The van der Waals surface area contributed by atoms with Gasteiger partial charge in [-0.2, -0.15) is 0 Å². The van der Waals surface area contributed by atoms with Crippen molar-refractivity contribution in [3.05, 3.63) is 139 Å².